The maximum atomic E-state index is 10.00. The minimum Gasteiger partial charge on any atom is -0.328 e. The molecule has 0 amide bonds. The first-order chi connectivity index (χ1) is 21.1. The molecule has 0 spiro atoms. The van der Waals surface area contributed by atoms with Gasteiger partial charge < -0.3 is 9.79 Å². The number of hydrogen-bond acceptors (Lipinski definition) is 5. The van der Waals surface area contributed by atoms with E-state index in [9.17, 15) is 9.79 Å². The summed E-state index contributed by atoms with van der Waals surface area (Å²) in [5, 5.41) is 0. The Morgan fingerprint density at radius 1 is 0.419 bits per heavy atom. The van der Waals surface area contributed by atoms with E-state index in [0.29, 0.717) is 0 Å². The molecule has 0 saturated carbocycles. The molecule has 0 saturated heterocycles. The summed E-state index contributed by atoms with van der Waals surface area (Å²) in [6.07, 6.45) is 40.4. The zero-order valence-corrected chi connectivity index (χ0v) is 32.7. The maximum absolute atomic E-state index is 10.00. The molecule has 43 heavy (non-hydrogen) atoms. The fourth-order valence-corrected chi connectivity index (χ4v) is 16.6. The van der Waals surface area contributed by atoms with Crippen molar-refractivity contribution in [3.05, 3.63) is 0 Å². The van der Waals surface area contributed by atoms with Crippen molar-refractivity contribution in [1.82, 2.24) is 0 Å². The highest BCUT2D eigenvalue weighted by atomic mass is 33.5. The lowest BCUT2D eigenvalue weighted by Gasteiger charge is -2.37. The van der Waals surface area contributed by atoms with Crippen LogP contribution in [0.25, 0.3) is 0 Å². The largest absolute Gasteiger partial charge is 0.338 e. The molecule has 0 atom stereocenters. The van der Waals surface area contributed by atoms with Crippen molar-refractivity contribution in [1.29, 1.82) is 0 Å². The van der Waals surface area contributed by atoms with Gasteiger partial charge in [0.25, 0.3) is 0 Å². The van der Waals surface area contributed by atoms with Gasteiger partial charge >= 0.3 is 8.60 Å². The lowest BCUT2D eigenvalue weighted by atomic mass is 10.1. The molecule has 0 bridgehead atoms. The first-order valence-corrected chi connectivity index (χ1v) is 25.0. The minimum atomic E-state index is -2.30. The molecule has 0 rings (SSSR count). The Labute approximate surface area is 281 Å². The second-order valence-corrected chi connectivity index (χ2v) is 21.3. The molecule has 0 aromatic heterocycles. The Morgan fingerprint density at radius 2 is 0.698 bits per heavy atom. The quantitative estimate of drug-likeness (QED) is 0.0387. The van der Waals surface area contributed by atoms with Crippen molar-refractivity contribution >= 4 is 38.6 Å². The second kappa shape index (κ2) is 36.2. The molecule has 0 aliphatic carbocycles. The predicted molar refractivity (Wildman–Crippen MR) is 205 cm³/mol. The summed E-state index contributed by atoms with van der Waals surface area (Å²) >= 11 is 0. The third-order valence-corrected chi connectivity index (χ3v) is 19.0. The molecule has 0 unspecified atom stereocenters. The standard InChI is InChI=1S/C36H77O3PS3/c1-4-7-10-13-16-19-22-25-28-31-34-41-42-43(39-40(37)38,35-32-29-26-23-20-17-14-11-8-5-2)36-33-30-27-24-21-18-15-12-9-6-3/h37-38H,4-36H2,1-3H3. The van der Waals surface area contributed by atoms with Crippen molar-refractivity contribution in [2.45, 2.75) is 213 Å². The molecule has 0 radical (unpaired) electrons. The molecule has 3 nitrogen and oxygen atoms in total. The summed E-state index contributed by atoms with van der Waals surface area (Å²) in [7, 11) is 0.0520. The first-order valence-electron chi connectivity index (χ1n) is 19.1. The van der Waals surface area contributed by atoms with Crippen LogP contribution in [0.15, 0.2) is 0 Å². The Balaban J connectivity index is 4.48. The topological polar surface area (TPSA) is 49.7 Å². The van der Waals surface area contributed by atoms with Crippen LogP contribution in [0.5, 0.6) is 0 Å². The van der Waals surface area contributed by atoms with Gasteiger partial charge in [-0.2, -0.15) is 0 Å². The molecule has 0 heterocycles. The van der Waals surface area contributed by atoms with Gasteiger partial charge in [-0.3, -0.25) is 3.97 Å². The predicted octanol–water partition coefficient (Wildman–Crippen LogP) is 15.0. The van der Waals surface area contributed by atoms with E-state index in [1.54, 1.807) is 0 Å². The number of rotatable bonds is 37. The summed E-state index contributed by atoms with van der Waals surface area (Å²) in [4.78, 5) is 20.0. The van der Waals surface area contributed by atoms with E-state index < -0.39 is 17.9 Å². The van der Waals surface area contributed by atoms with Crippen molar-refractivity contribution < 1.29 is 13.8 Å². The smallest absolute Gasteiger partial charge is 0.328 e. The molecular weight excluding hydrogens is 608 g/mol. The fourth-order valence-electron chi connectivity index (χ4n) is 5.77. The van der Waals surface area contributed by atoms with Gasteiger partial charge in [-0.05, 0) is 29.1 Å². The van der Waals surface area contributed by atoms with Crippen LogP contribution in [-0.2, 0) is 3.97 Å². The van der Waals surface area contributed by atoms with Crippen LogP contribution in [0.4, 0.5) is 0 Å². The monoisotopic (exact) mass is 684 g/mol. The van der Waals surface area contributed by atoms with Gasteiger partial charge in [0.15, 0.2) is 0 Å². The molecule has 0 aliphatic heterocycles. The highest BCUT2D eigenvalue weighted by Gasteiger charge is 2.29. The van der Waals surface area contributed by atoms with Crippen molar-refractivity contribution in [3.8, 4) is 0 Å². The summed E-state index contributed by atoms with van der Waals surface area (Å²) < 4.78 is 6.10. The SMILES string of the molecule is CCCCCCCCCCCCSSS(CCCCCCCCCCCC)(CCCCCCCCCCCC)OP(O)O. The van der Waals surface area contributed by atoms with E-state index in [4.69, 9.17) is 3.97 Å². The summed E-state index contributed by atoms with van der Waals surface area (Å²) in [5.74, 6) is 3.21. The fraction of sp³-hybridized carbons (Fsp3) is 1.00. The van der Waals surface area contributed by atoms with Gasteiger partial charge in [-0.15, -0.1) is 0 Å². The molecule has 7 heteroatoms. The summed E-state index contributed by atoms with van der Waals surface area (Å²) in [5.41, 5.74) is 0. The van der Waals surface area contributed by atoms with Crippen molar-refractivity contribution in [3.63, 3.8) is 0 Å². The van der Waals surface area contributed by atoms with E-state index >= 15 is 0 Å². The molecular formula is C36H77O3PS3. The highest BCUT2D eigenvalue weighted by Crippen LogP contribution is 2.70. The van der Waals surface area contributed by atoms with E-state index in [1.165, 1.54) is 180 Å². The van der Waals surface area contributed by atoms with E-state index in [0.717, 1.165) is 30.1 Å². The first kappa shape index (κ1) is 44.4. The molecule has 2 N–H and O–H groups in total. The third-order valence-electron chi connectivity index (χ3n) is 8.57. The molecule has 0 aromatic carbocycles. The Hall–Kier alpha value is 1.36. The number of hydrogen-bond donors (Lipinski definition) is 2. The Bertz CT molecular complexity index is 504. The Kier molecular flexibility index (Phi) is 37.3. The van der Waals surface area contributed by atoms with Gasteiger partial charge in [-0.1, -0.05) is 214 Å². The second-order valence-electron chi connectivity index (χ2n) is 12.9. The van der Waals surface area contributed by atoms with Crippen LogP contribution in [-0.4, -0.2) is 27.0 Å². The van der Waals surface area contributed by atoms with Gasteiger partial charge in [-0.25, -0.2) is 0 Å². The lowest BCUT2D eigenvalue weighted by Crippen LogP contribution is -2.08. The van der Waals surface area contributed by atoms with Crippen LogP contribution >= 0.6 is 38.6 Å². The van der Waals surface area contributed by atoms with Crippen LogP contribution in [0.1, 0.15) is 213 Å². The molecule has 0 aromatic rings. The van der Waals surface area contributed by atoms with Gasteiger partial charge in [0, 0.05) is 17.3 Å². The molecule has 262 valence electrons. The lowest BCUT2D eigenvalue weighted by molar-refractivity contribution is 0.393. The average Bonchev–Trinajstić information content (AvgIpc) is 2.99. The maximum Gasteiger partial charge on any atom is 0.338 e. The van der Waals surface area contributed by atoms with Crippen molar-refractivity contribution in [2.24, 2.45) is 0 Å². The van der Waals surface area contributed by atoms with E-state index in [2.05, 4.69) is 20.8 Å². The van der Waals surface area contributed by atoms with Gasteiger partial charge in [0.05, 0.1) is 0 Å². The minimum absolute atomic E-state index is 1.02. The Morgan fingerprint density at radius 3 is 1.00 bits per heavy atom. The molecule has 0 aliphatic rings. The molecule has 0 fully saturated rings. The number of unbranched alkanes of at least 4 members (excludes halogenated alkanes) is 27. The summed E-state index contributed by atoms with van der Waals surface area (Å²) in [6.45, 7) is 6.86. The average molecular weight is 685 g/mol. The van der Waals surface area contributed by atoms with Crippen LogP contribution in [0.2, 0.25) is 0 Å². The van der Waals surface area contributed by atoms with Crippen LogP contribution in [0, 0.1) is 0 Å². The highest BCUT2D eigenvalue weighted by molar-refractivity contribution is 9.18. The van der Waals surface area contributed by atoms with Crippen LogP contribution in [0.3, 0.4) is 0 Å². The van der Waals surface area contributed by atoms with E-state index in [-0.39, 0.29) is 0 Å². The summed E-state index contributed by atoms with van der Waals surface area (Å²) in [6, 6.07) is 0. The van der Waals surface area contributed by atoms with Crippen molar-refractivity contribution in [2.75, 3.05) is 17.3 Å². The zero-order valence-electron chi connectivity index (χ0n) is 29.3. The van der Waals surface area contributed by atoms with Gasteiger partial charge in [0.1, 0.15) is 0 Å². The van der Waals surface area contributed by atoms with Gasteiger partial charge in [0.2, 0.25) is 0 Å². The third kappa shape index (κ3) is 33.1. The van der Waals surface area contributed by atoms with E-state index in [1.807, 2.05) is 20.6 Å². The zero-order chi connectivity index (χ0) is 31.5. The normalized spacial score (nSPS) is 12.5. The van der Waals surface area contributed by atoms with Crippen LogP contribution < -0.4 is 0 Å².